The van der Waals surface area contributed by atoms with E-state index in [1.165, 1.54) is 4.31 Å². The third-order valence-electron chi connectivity index (χ3n) is 5.78. The second kappa shape index (κ2) is 8.05. The van der Waals surface area contributed by atoms with Crippen molar-refractivity contribution in [2.24, 2.45) is 0 Å². The largest absolute Gasteiger partial charge is 0.345 e. The Labute approximate surface area is 182 Å². The lowest BCUT2D eigenvalue weighted by Gasteiger charge is -2.18. The quantitative estimate of drug-likeness (QED) is 0.607. The van der Waals surface area contributed by atoms with E-state index in [4.69, 9.17) is 4.98 Å². The maximum atomic E-state index is 13.2. The van der Waals surface area contributed by atoms with Crippen molar-refractivity contribution in [2.75, 3.05) is 27.2 Å². The number of benzene rings is 1. The molecule has 0 spiro atoms. The molecular weight excluding hydrogens is 414 g/mol. The number of para-hydroxylation sites is 1. The van der Waals surface area contributed by atoms with E-state index >= 15 is 0 Å². The van der Waals surface area contributed by atoms with E-state index in [1.54, 1.807) is 36.8 Å². The van der Waals surface area contributed by atoms with Crippen molar-refractivity contribution < 1.29 is 13.2 Å². The highest BCUT2D eigenvalue weighted by molar-refractivity contribution is 7.89. The van der Waals surface area contributed by atoms with E-state index in [-0.39, 0.29) is 16.7 Å². The molecule has 1 atom stereocenters. The molecule has 0 radical (unpaired) electrons. The van der Waals surface area contributed by atoms with Crippen molar-refractivity contribution in [2.45, 2.75) is 37.6 Å². The van der Waals surface area contributed by atoms with Crippen LogP contribution in [0.4, 0.5) is 0 Å². The molecule has 1 fully saturated rings. The van der Waals surface area contributed by atoms with Gasteiger partial charge >= 0.3 is 0 Å². The van der Waals surface area contributed by atoms with Crippen LogP contribution in [0.1, 0.15) is 41.0 Å². The normalized spacial score (nSPS) is 17.4. The Kier molecular flexibility index (Phi) is 5.57. The molecule has 1 saturated heterocycles. The Balaban J connectivity index is 1.68. The van der Waals surface area contributed by atoms with Gasteiger partial charge in [-0.25, -0.2) is 8.42 Å². The molecule has 1 aromatic carbocycles. The number of pyridine rings is 1. The average Bonchev–Trinajstić information content (AvgIpc) is 3.40. The summed E-state index contributed by atoms with van der Waals surface area (Å²) in [6.45, 7) is 5.00. The standard InChI is InChI=1S/C22H27N5O3S/c1-5-26-14-21(15(2)24-26)31(29,30)27-11-10-16(13-27)20-12-18(22(28)25(3)4)17-8-6-7-9-19(17)23-20/h6-9,12,14,16H,5,10-11,13H2,1-4H3/t16-/m0/s1. The van der Waals surface area contributed by atoms with Crippen molar-refractivity contribution >= 4 is 26.8 Å². The number of rotatable bonds is 5. The lowest BCUT2D eigenvalue weighted by atomic mass is 9.99. The summed E-state index contributed by atoms with van der Waals surface area (Å²) < 4.78 is 29.6. The molecule has 3 heterocycles. The van der Waals surface area contributed by atoms with Crippen LogP contribution in [0.15, 0.2) is 41.4 Å². The van der Waals surface area contributed by atoms with Gasteiger partial charge in [0.25, 0.3) is 5.91 Å². The molecule has 0 aliphatic carbocycles. The summed E-state index contributed by atoms with van der Waals surface area (Å²) in [7, 11) is -0.191. The first-order chi connectivity index (χ1) is 14.7. The van der Waals surface area contributed by atoms with Crippen LogP contribution in [0.3, 0.4) is 0 Å². The van der Waals surface area contributed by atoms with Crippen molar-refractivity contribution in [3.63, 3.8) is 0 Å². The molecule has 8 nitrogen and oxygen atoms in total. The number of fused-ring (bicyclic) bond motifs is 1. The van der Waals surface area contributed by atoms with Gasteiger partial charge in [0.15, 0.2) is 0 Å². The molecule has 0 saturated carbocycles. The summed E-state index contributed by atoms with van der Waals surface area (Å²) in [5, 5.41) is 5.08. The van der Waals surface area contributed by atoms with Gasteiger partial charge in [-0.15, -0.1) is 0 Å². The topological polar surface area (TPSA) is 88.4 Å². The van der Waals surface area contributed by atoms with Crippen molar-refractivity contribution in [3.8, 4) is 0 Å². The smallest absolute Gasteiger partial charge is 0.254 e. The van der Waals surface area contributed by atoms with E-state index in [9.17, 15) is 13.2 Å². The maximum Gasteiger partial charge on any atom is 0.254 e. The molecule has 1 aliphatic rings. The first kappa shape index (κ1) is 21.5. The molecular formula is C22H27N5O3S. The fraction of sp³-hybridized carbons (Fsp3) is 0.409. The van der Waals surface area contributed by atoms with Crippen LogP contribution in [0, 0.1) is 6.92 Å². The predicted molar refractivity (Wildman–Crippen MR) is 119 cm³/mol. The second-order valence-electron chi connectivity index (χ2n) is 8.09. The molecule has 1 aliphatic heterocycles. The molecule has 1 amide bonds. The minimum absolute atomic E-state index is 0.0744. The summed E-state index contributed by atoms with van der Waals surface area (Å²) in [5.74, 6) is -0.167. The molecule has 0 bridgehead atoms. The number of aromatic nitrogens is 3. The fourth-order valence-electron chi connectivity index (χ4n) is 4.06. The molecule has 31 heavy (non-hydrogen) atoms. The van der Waals surface area contributed by atoms with Gasteiger partial charge in [0.1, 0.15) is 4.90 Å². The number of sulfonamides is 1. The molecule has 2 aromatic heterocycles. The predicted octanol–water partition coefficient (Wildman–Crippen LogP) is 2.64. The van der Waals surface area contributed by atoms with Crippen molar-refractivity contribution in [3.05, 3.63) is 53.5 Å². The third kappa shape index (κ3) is 3.83. The van der Waals surface area contributed by atoms with E-state index in [2.05, 4.69) is 5.10 Å². The molecule has 4 rings (SSSR count). The first-order valence-corrected chi connectivity index (χ1v) is 11.8. The number of hydrogen-bond acceptors (Lipinski definition) is 5. The highest BCUT2D eigenvalue weighted by Crippen LogP contribution is 2.33. The first-order valence-electron chi connectivity index (χ1n) is 10.4. The Hall–Kier alpha value is -2.78. The van der Waals surface area contributed by atoms with Crippen LogP contribution >= 0.6 is 0 Å². The Morgan fingerprint density at radius 3 is 2.68 bits per heavy atom. The number of aryl methyl sites for hydroxylation is 2. The fourth-order valence-corrected chi connectivity index (χ4v) is 5.73. The summed E-state index contributed by atoms with van der Waals surface area (Å²) in [6.07, 6.45) is 2.25. The van der Waals surface area contributed by atoms with Gasteiger partial charge in [-0.2, -0.15) is 9.40 Å². The number of carbonyl (C=O) groups excluding carboxylic acids is 1. The van der Waals surface area contributed by atoms with Gasteiger partial charge in [-0.3, -0.25) is 14.5 Å². The number of hydrogen-bond donors (Lipinski definition) is 0. The van der Waals surface area contributed by atoms with Gasteiger partial charge in [0, 0.05) is 56.9 Å². The zero-order chi connectivity index (χ0) is 22.3. The Morgan fingerprint density at radius 1 is 1.26 bits per heavy atom. The van der Waals surface area contributed by atoms with E-state index < -0.39 is 10.0 Å². The summed E-state index contributed by atoms with van der Waals surface area (Å²) in [4.78, 5) is 19.4. The van der Waals surface area contributed by atoms with E-state index in [0.29, 0.717) is 37.3 Å². The highest BCUT2D eigenvalue weighted by Gasteiger charge is 2.36. The molecule has 0 unspecified atom stereocenters. The SMILES string of the molecule is CCn1cc(S(=O)(=O)N2CC[C@H](c3cc(C(=O)N(C)C)c4ccccc4n3)C2)c(C)n1. The van der Waals surface area contributed by atoms with Gasteiger partial charge in [-0.05, 0) is 32.4 Å². The summed E-state index contributed by atoms with van der Waals surface area (Å²) in [6, 6.07) is 9.38. The Bertz CT molecular complexity index is 1250. The van der Waals surface area contributed by atoms with Gasteiger partial charge in [0.05, 0.1) is 16.8 Å². The van der Waals surface area contributed by atoms with Gasteiger partial charge in [0.2, 0.25) is 10.0 Å². The van der Waals surface area contributed by atoms with Crippen molar-refractivity contribution in [1.29, 1.82) is 0 Å². The third-order valence-corrected chi connectivity index (χ3v) is 7.75. The average molecular weight is 442 g/mol. The second-order valence-corrected chi connectivity index (χ2v) is 10.0. The zero-order valence-electron chi connectivity index (χ0n) is 18.2. The zero-order valence-corrected chi connectivity index (χ0v) is 19.1. The van der Waals surface area contributed by atoms with Crippen molar-refractivity contribution in [1.82, 2.24) is 24.0 Å². The van der Waals surface area contributed by atoms with Crippen LogP contribution in [0.2, 0.25) is 0 Å². The van der Waals surface area contributed by atoms with Gasteiger partial charge in [-0.1, -0.05) is 18.2 Å². The summed E-state index contributed by atoms with van der Waals surface area (Å²) in [5.41, 5.74) is 2.59. The molecule has 164 valence electrons. The lowest BCUT2D eigenvalue weighted by molar-refractivity contribution is 0.0829. The number of carbonyl (C=O) groups is 1. The van der Waals surface area contributed by atoms with Gasteiger partial charge < -0.3 is 4.90 Å². The van der Waals surface area contributed by atoms with Crippen LogP contribution in [-0.2, 0) is 16.6 Å². The van der Waals surface area contributed by atoms with E-state index in [1.807, 2.05) is 37.3 Å². The highest BCUT2D eigenvalue weighted by atomic mass is 32.2. The number of nitrogens with zero attached hydrogens (tertiary/aromatic N) is 5. The van der Waals surface area contributed by atoms with Crippen LogP contribution < -0.4 is 0 Å². The molecule has 3 aromatic rings. The minimum Gasteiger partial charge on any atom is -0.345 e. The lowest BCUT2D eigenvalue weighted by Crippen LogP contribution is -2.29. The number of amides is 1. The monoisotopic (exact) mass is 441 g/mol. The van der Waals surface area contributed by atoms with Crippen LogP contribution in [0.5, 0.6) is 0 Å². The van der Waals surface area contributed by atoms with Crippen LogP contribution in [-0.4, -0.2) is 65.5 Å². The van der Waals surface area contributed by atoms with Crippen LogP contribution in [0.25, 0.3) is 10.9 Å². The maximum absolute atomic E-state index is 13.2. The molecule has 9 heteroatoms. The minimum atomic E-state index is -3.63. The molecule has 0 N–H and O–H groups in total. The Morgan fingerprint density at radius 2 is 2.00 bits per heavy atom. The summed E-state index contributed by atoms with van der Waals surface area (Å²) >= 11 is 0. The van der Waals surface area contributed by atoms with E-state index in [0.717, 1.165) is 16.6 Å².